The fourth-order valence-corrected chi connectivity index (χ4v) is 2.36. The first-order chi connectivity index (χ1) is 7.72. The van der Waals surface area contributed by atoms with E-state index in [0.29, 0.717) is 17.3 Å². The largest absolute Gasteiger partial charge is 0.334 e. The van der Waals surface area contributed by atoms with E-state index in [1.165, 1.54) is 11.8 Å². The quantitative estimate of drug-likeness (QED) is 0.645. The van der Waals surface area contributed by atoms with E-state index in [4.69, 9.17) is 5.84 Å². The van der Waals surface area contributed by atoms with Crippen LogP contribution in [0.25, 0.3) is 0 Å². The smallest absolute Gasteiger partial charge is 0.294 e. The minimum Gasteiger partial charge on any atom is -0.334 e. The van der Waals surface area contributed by atoms with Crippen LogP contribution in [-0.2, 0) is 6.42 Å². The zero-order valence-electron chi connectivity index (χ0n) is 8.58. The summed E-state index contributed by atoms with van der Waals surface area (Å²) in [6.45, 7) is 0. The minimum absolute atomic E-state index is 0.284. The van der Waals surface area contributed by atoms with Crippen molar-refractivity contribution in [3.63, 3.8) is 0 Å². The van der Waals surface area contributed by atoms with Gasteiger partial charge in [0.25, 0.3) is 5.56 Å². The van der Waals surface area contributed by atoms with Crippen molar-refractivity contribution in [2.45, 2.75) is 11.6 Å². The van der Waals surface area contributed by atoms with Gasteiger partial charge >= 0.3 is 0 Å². The normalized spacial score (nSPS) is 10.6. The fraction of sp³-hybridized carbons (Fsp3) is 0.222. The number of rotatable bonds is 3. The van der Waals surface area contributed by atoms with E-state index in [2.05, 4.69) is 10.2 Å². The summed E-state index contributed by atoms with van der Waals surface area (Å²) in [6, 6.07) is 3.89. The van der Waals surface area contributed by atoms with E-state index < -0.39 is 0 Å². The van der Waals surface area contributed by atoms with Gasteiger partial charge in [-0.1, -0.05) is 17.8 Å². The molecule has 2 heterocycles. The number of hydrogen-bond acceptors (Lipinski definition) is 6. The molecule has 0 aromatic carbocycles. The second-order valence-electron chi connectivity index (χ2n) is 3.06. The Morgan fingerprint density at radius 1 is 1.56 bits per heavy atom. The lowest BCUT2D eigenvalue weighted by Crippen LogP contribution is -2.33. The molecule has 0 aliphatic heterocycles. The third kappa shape index (κ3) is 2.10. The zero-order valence-corrected chi connectivity index (χ0v) is 10.2. The van der Waals surface area contributed by atoms with E-state index >= 15 is 0 Å². The van der Waals surface area contributed by atoms with Crippen molar-refractivity contribution in [1.82, 2.24) is 14.9 Å². The lowest BCUT2D eigenvalue weighted by molar-refractivity contribution is 0.674. The monoisotopic (exact) mass is 254 g/mol. The number of hydrogen-bond donors (Lipinski definition) is 1. The second kappa shape index (κ2) is 4.67. The number of thioether (sulfide) groups is 1. The SMILES string of the molecule is CSc1nnc(Cc2cccs2)c(=O)n1N. The van der Waals surface area contributed by atoms with Gasteiger partial charge in [0, 0.05) is 11.3 Å². The highest BCUT2D eigenvalue weighted by Crippen LogP contribution is 2.12. The molecule has 16 heavy (non-hydrogen) atoms. The molecule has 0 aliphatic carbocycles. The van der Waals surface area contributed by atoms with Gasteiger partial charge < -0.3 is 5.84 Å². The van der Waals surface area contributed by atoms with Crippen LogP contribution in [0.5, 0.6) is 0 Å². The van der Waals surface area contributed by atoms with Crippen molar-refractivity contribution in [1.29, 1.82) is 0 Å². The molecule has 0 atom stereocenters. The summed E-state index contributed by atoms with van der Waals surface area (Å²) in [5.41, 5.74) is 0.0931. The highest BCUT2D eigenvalue weighted by atomic mass is 32.2. The summed E-state index contributed by atoms with van der Waals surface area (Å²) in [5.74, 6) is 5.61. The van der Waals surface area contributed by atoms with Gasteiger partial charge in [0.2, 0.25) is 5.16 Å². The Kier molecular flexibility index (Phi) is 3.25. The van der Waals surface area contributed by atoms with Crippen molar-refractivity contribution in [2.75, 3.05) is 12.1 Å². The topological polar surface area (TPSA) is 73.8 Å². The van der Waals surface area contributed by atoms with Gasteiger partial charge in [-0.15, -0.1) is 21.5 Å². The maximum Gasteiger partial charge on any atom is 0.294 e. The zero-order chi connectivity index (χ0) is 11.5. The van der Waals surface area contributed by atoms with E-state index in [9.17, 15) is 4.79 Å². The van der Waals surface area contributed by atoms with Crippen LogP contribution in [0.3, 0.4) is 0 Å². The van der Waals surface area contributed by atoms with Crippen LogP contribution in [0.4, 0.5) is 0 Å². The molecule has 2 aromatic heterocycles. The first-order valence-electron chi connectivity index (χ1n) is 4.52. The molecule has 5 nitrogen and oxygen atoms in total. The average molecular weight is 254 g/mol. The Hall–Kier alpha value is -1.34. The van der Waals surface area contributed by atoms with E-state index in [-0.39, 0.29) is 5.56 Å². The number of aromatic nitrogens is 3. The van der Waals surface area contributed by atoms with Crippen LogP contribution in [0.1, 0.15) is 10.6 Å². The second-order valence-corrected chi connectivity index (χ2v) is 4.87. The predicted octanol–water partition coefficient (Wildman–Crippen LogP) is 0.726. The summed E-state index contributed by atoms with van der Waals surface area (Å²) in [4.78, 5) is 12.9. The third-order valence-electron chi connectivity index (χ3n) is 2.03. The maximum absolute atomic E-state index is 11.8. The van der Waals surface area contributed by atoms with Crippen LogP contribution in [-0.4, -0.2) is 21.1 Å². The molecule has 0 amide bonds. The number of nitrogens with two attached hydrogens (primary N) is 1. The molecule has 0 spiro atoms. The van der Waals surface area contributed by atoms with Gasteiger partial charge in [-0.25, -0.2) is 0 Å². The summed E-state index contributed by atoms with van der Waals surface area (Å²) >= 11 is 2.87. The Balaban J connectivity index is 2.36. The summed E-state index contributed by atoms with van der Waals surface area (Å²) in [7, 11) is 0. The molecule has 0 aliphatic rings. The molecular weight excluding hydrogens is 244 g/mol. The Morgan fingerprint density at radius 2 is 2.38 bits per heavy atom. The van der Waals surface area contributed by atoms with Crippen LogP contribution < -0.4 is 11.4 Å². The number of thiophene rings is 1. The Morgan fingerprint density at radius 3 is 3.00 bits per heavy atom. The average Bonchev–Trinajstić information content (AvgIpc) is 2.78. The van der Waals surface area contributed by atoms with Gasteiger partial charge in [0.05, 0.1) is 0 Å². The molecule has 2 N–H and O–H groups in total. The summed E-state index contributed by atoms with van der Waals surface area (Å²) in [6.07, 6.45) is 2.28. The van der Waals surface area contributed by atoms with Crippen molar-refractivity contribution in [3.8, 4) is 0 Å². The summed E-state index contributed by atoms with van der Waals surface area (Å²) < 4.78 is 1.04. The first kappa shape index (κ1) is 11.2. The maximum atomic E-state index is 11.8. The number of nitrogens with zero attached hydrogens (tertiary/aromatic N) is 3. The molecule has 0 saturated carbocycles. The Labute approximate surface area is 100 Å². The standard InChI is InChI=1S/C9H10N4OS2/c1-15-9-12-11-7(8(14)13(9)10)5-6-3-2-4-16-6/h2-4H,5,10H2,1H3. The first-order valence-corrected chi connectivity index (χ1v) is 6.63. The van der Waals surface area contributed by atoms with Gasteiger partial charge in [-0.2, -0.15) is 4.68 Å². The third-order valence-corrected chi connectivity index (χ3v) is 3.55. The van der Waals surface area contributed by atoms with Crippen molar-refractivity contribution in [3.05, 3.63) is 38.4 Å². The molecule has 2 aromatic rings. The van der Waals surface area contributed by atoms with Crippen LogP contribution in [0, 0.1) is 0 Å². The lowest BCUT2D eigenvalue weighted by atomic mass is 10.3. The van der Waals surface area contributed by atoms with E-state index in [1.807, 2.05) is 17.5 Å². The Bertz CT molecular complexity index is 535. The molecule has 2 rings (SSSR count). The van der Waals surface area contributed by atoms with E-state index in [1.54, 1.807) is 17.6 Å². The highest BCUT2D eigenvalue weighted by molar-refractivity contribution is 7.98. The van der Waals surface area contributed by atoms with Crippen LogP contribution in [0.15, 0.2) is 27.5 Å². The molecule has 0 radical (unpaired) electrons. The molecular formula is C9H10N4OS2. The van der Waals surface area contributed by atoms with Gasteiger partial charge in [-0.3, -0.25) is 4.79 Å². The summed E-state index contributed by atoms with van der Waals surface area (Å²) in [5, 5.41) is 10.2. The van der Waals surface area contributed by atoms with Crippen LogP contribution in [0.2, 0.25) is 0 Å². The van der Waals surface area contributed by atoms with Crippen LogP contribution >= 0.6 is 23.1 Å². The van der Waals surface area contributed by atoms with Gasteiger partial charge in [0.1, 0.15) is 5.69 Å². The van der Waals surface area contributed by atoms with Gasteiger partial charge in [-0.05, 0) is 17.7 Å². The van der Waals surface area contributed by atoms with Crippen molar-refractivity contribution < 1.29 is 0 Å². The minimum atomic E-state index is -0.284. The van der Waals surface area contributed by atoms with Crippen molar-refractivity contribution >= 4 is 23.1 Å². The predicted molar refractivity (Wildman–Crippen MR) is 65.3 cm³/mol. The fourth-order valence-electron chi connectivity index (χ4n) is 1.25. The molecule has 84 valence electrons. The molecule has 0 fully saturated rings. The molecule has 0 saturated heterocycles. The lowest BCUT2D eigenvalue weighted by Gasteiger charge is -2.04. The molecule has 0 bridgehead atoms. The molecule has 7 heteroatoms. The molecule has 0 unspecified atom stereocenters. The van der Waals surface area contributed by atoms with Gasteiger partial charge in [0.15, 0.2) is 0 Å². The number of nitrogen functional groups attached to an aromatic ring is 1. The van der Waals surface area contributed by atoms with Crippen molar-refractivity contribution in [2.24, 2.45) is 0 Å². The highest BCUT2D eigenvalue weighted by Gasteiger charge is 2.10. The van der Waals surface area contributed by atoms with E-state index in [0.717, 1.165) is 9.55 Å².